The molecule has 0 unspecified atom stereocenters. The van der Waals surface area contributed by atoms with Crippen LogP contribution >= 0.6 is 0 Å². The molecule has 0 fully saturated rings. The first-order valence-corrected chi connectivity index (χ1v) is 8.46. The maximum Gasteiger partial charge on any atom is 0.223 e. The molecule has 20 heavy (non-hydrogen) atoms. The van der Waals surface area contributed by atoms with Gasteiger partial charge in [0.1, 0.15) is 0 Å². The highest BCUT2D eigenvalue weighted by Gasteiger charge is 2.27. The van der Waals surface area contributed by atoms with Crippen molar-refractivity contribution in [2.75, 3.05) is 0 Å². The third-order valence-electron chi connectivity index (χ3n) is 3.94. The van der Waals surface area contributed by atoms with Crippen molar-refractivity contribution in [3.8, 4) is 0 Å². The highest BCUT2D eigenvalue weighted by Crippen LogP contribution is 2.16. The molecular formula is C17H34O3. The van der Waals surface area contributed by atoms with Crippen molar-refractivity contribution < 1.29 is 15.0 Å². The number of unbranched alkanes of at least 4 members (excludes halogenated alkanes) is 11. The van der Waals surface area contributed by atoms with Crippen LogP contribution in [-0.2, 0) is 4.79 Å². The Morgan fingerprint density at radius 3 is 1.45 bits per heavy atom. The number of carbonyl (C=O) groups excluding carboxylic acids is 1. The average molecular weight is 286 g/mol. The quantitative estimate of drug-likeness (QED) is 0.369. The summed E-state index contributed by atoms with van der Waals surface area (Å²) in [4.78, 5) is 10.9. The maximum atomic E-state index is 10.9. The Labute approximate surface area is 124 Å². The molecule has 0 aliphatic rings. The second-order valence-corrected chi connectivity index (χ2v) is 6.01. The Bertz CT molecular complexity index is 236. The number of hydrogen-bond acceptors (Lipinski definition) is 3. The van der Waals surface area contributed by atoms with Crippen molar-refractivity contribution in [2.24, 2.45) is 0 Å². The molecule has 0 saturated heterocycles. The lowest BCUT2D eigenvalue weighted by Gasteiger charge is -2.17. The minimum absolute atomic E-state index is 0.166. The van der Waals surface area contributed by atoms with Crippen molar-refractivity contribution in [2.45, 2.75) is 103 Å². The number of aliphatic hydroxyl groups is 2. The number of hydrogen-bond donors (Lipinski definition) is 2. The third kappa shape index (κ3) is 11.4. The Morgan fingerprint density at radius 1 is 0.750 bits per heavy atom. The zero-order chi connectivity index (χ0) is 15.3. The van der Waals surface area contributed by atoms with E-state index in [-0.39, 0.29) is 6.42 Å². The lowest BCUT2D eigenvalue weighted by Crippen LogP contribution is -2.36. The molecule has 0 bridgehead atoms. The van der Waals surface area contributed by atoms with Crippen LogP contribution in [-0.4, -0.2) is 21.8 Å². The smallest absolute Gasteiger partial charge is 0.223 e. The molecule has 3 nitrogen and oxygen atoms in total. The van der Waals surface area contributed by atoms with Gasteiger partial charge in [0.25, 0.3) is 0 Å². The van der Waals surface area contributed by atoms with Gasteiger partial charge < -0.3 is 10.2 Å². The van der Waals surface area contributed by atoms with Crippen LogP contribution in [0.1, 0.15) is 97.3 Å². The van der Waals surface area contributed by atoms with Crippen LogP contribution in [0.3, 0.4) is 0 Å². The summed E-state index contributed by atoms with van der Waals surface area (Å²) in [6.45, 7) is 3.47. The molecule has 0 aromatic heterocycles. The summed E-state index contributed by atoms with van der Waals surface area (Å²) in [5, 5.41) is 18.7. The largest absolute Gasteiger partial charge is 0.360 e. The molecule has 3 heteroatoms. The Kier molecular flexibility index (Phi) is 12.1. The van der Waals surface area contributed by atoms with Crippen molar-refractivity contribution in [1.82, 2.24) is 0 Å². The van der Waals surface area contributed by atoms with Crippen LogP contribution in [0.5, 0.6) is 0 Å². The van der Waals surface area contributed by atoms with Gasteiger partial charge in [0.15, 0.2) is 5.78 Å². The zero-order valence-corrected chi connectivity index (χ0v) is 13.5. The predicted molar refractivity (Wildman–Crippen MR) is 83.5 cm³/mol. The maximum absolute atomic E-state index is 10.9. The van der Waals surface area contributed by atoms with Gasteiger partial charge in [0.05, 0.1) is 0 Å². The van der Waals surface area contributed by atoms with Gasteiger partial charge in [0, 0.05) is 13.3 Å². The molecule has 0 aliphatic heterocycles. The van der Waals surface area contributed by atoms with E-state index in [4.69, 9.17) is 0 Å². The van der Waals surface area contributed by atoms with E-state index in [0.717, 1.165) is 12.8 Å². The SMILES string of the molecule is CCCCCCCCCCCCCCC(O)(O)C(C)=O. The highest BCUT2D eigenvalue weighted by molar-refractivity contribution is 5.82. The van der Waals surface area contributed by atoms with E-state index in [1.807, 2.05) is 0 Å². The van der Waals surface area contributed by atoms with E-state index in [0.29, 0.717) is 6.42 Å². The van der Waals surface area contributed by atoms with Gasteiger partial charge in [-0.15, -0.1) is 0 Å². The lowest BCUT2D eigenvalue weighted by atomic mass is 10.0. The van der Waals surface area contributed by atoms with Gasteiger partial charge in [-0.2, -0.15) is 0 Å². The van der Waals surface area contributed by atoms with Gasteiger partial charge in [-0.25, -0.2) is 0 Å². The standard InChI is InChI=1S/C17H34O3/c1-3-4-5-6-7-8-9-10-11-12-13-14-15-17(19,20)16(2)18/h19-20H,3-15H2,1-2H3. The summed E-state index contributed by atoms with van der Waals surface area (Å²) in [5.74, 6) is -2.65. The Balaban J connectivity index is 3.19. The lowest BCUT2D eigenvalue weighted by molar-refractivity contribution is -0.183. The first-order valence-electron chi connectivity index (χ1n) is 8.46. The second-order valence-electron chi connectivity index (χ2n) is 6.01. The van der Waals surface area contributed by atoms with E-state index in [1.165, 1.54) is 64.7 Å². The van der Waals surface area contributed by atoms with Crippen LogP contribution in [0.15, 0.2) is 0 Å². The molecule has 0 aromatic carbocycles. The van der Waals surface area contributed by atoms with E-state index in [1.54, 1.807) is 0 Å². The molecule has 0 aliphatic carbocycles. The van der Waals surface area contributed by atoms with E-state index in [2.05, 4.69) is 6.92 Å². The summed E-state index contributed by atoms with van der Waals surface area (Å²) in [5.41, 5.74) is 0. The number of Topliss-reactive ketones (excluding diaryl/α,β-unsaturated/α-hetero) is 1. The van der Waals surface area contributed by atoms with Crippen molar-refractivity contribution >= 4 is 5.78 Å². The van der Waals surface area contributed by atoms with Crippen molar-refractivity contribution in [3.63, 3.8) is 0 Å². The van der Waals surface area contributed by atoms with Crippen molar-refractivity contribution in [3.05, 3.63) is 0 Å². The molecule has 0 rings (SSSR count). The molecule has 0 amide bonds. The summed E-state index contributed by atoms with van der Waals surface area (Å²) in [7, 11) is 0. The average Bonchev–Trinajstić information content (AvgIpc) is 2.39. The summed E-state index contributed by atoms with van der Waals surface area (Å²) in [6, 6.07) is 0. The Morgan fingerprint density at radius 2 is 1.10 bits per heavy atom. The predicted octanol–water partition coefficient (Wildman–Crippen LogP) is 4.35. The molecule has 120 valence electrons. The summed E-state index contributed by atoms with van der Waals surface area (Å²) >= 11 is 0. The highest BCUT2D eigenvalue weighted by atomic mass is 16.5. The minimum Gasteiger partial charge on any atom is -0.360 e. The molecule has 0 atom stereocenters. The summed E-state index contributed by atoms with van der Waals surface area (Å²) < 4.78 is 0. The molecule has 0 radical (unpaired) electrons. The van der Waals surface area contributed by atoms with Gasteiger partial charge in [-0.3, -0.25) is 4.79 Å². The first kappa shape index (κ1) is 19.6. The third-order valence-corrected chi connectivity index (χ3v) is 3.94. The molecule has 0 heterocycles. The number of rotatable bonds is 14. The van der Waals surface area contributed by atoms with Crippen LogP contribution in [0, 0.1) is 0 Å². The molecular weight excluding hydrogens is 252 g/mol. The molecule has 0 spiro atoms. The Hall–Kier alpha value is -0.410. The van der Waals surface area contributed by atoms with Gasteiger partial charge >= 0.3 is 0 Å². The molecule has 0 aromatic rings. The fourth-order valence-electron chi connectivity index (χ4n) is 2.39. The molecule has 2 N–H and O–H groups in total. The number of ketones is 1. The number of carbonyl (C=O) groups is 1. The van der Waals surface area contributed by atoms with Crippen LogP contribution < -0.4 is 0 Å². The summed E-state index contributed by atoms with van der Waals surface area (Å²) in [6.07, 6.45) is 15.0. The second kappa shape index (κ2) is 12.3. The van der Waals surface area contributed by atoms with Crippen LogP contribution in [0.25, 0.3) is 0 Å². The zero-order valence-electron chi connectivity index (χ0n) is 13.5. The normalized spacial score (nSPS) is 11.8. The van der Waals surface area contributed by atoms with Gasteiger partial charge in [0.2, 0.25) is 5.79 Å². The van der Waals surface area contributed by atoms with E-state index in [9.17, 15) is 15.0 Å². The fraction of sp³-hybridized carbons (Fsp3) is 0.941. The van der Waals surface area contributed by atoms with Crippen LogP contribution in [0.4, 0.5) is 0 Å². The topological polar surface area (TPSA) is 57.5 Å². The van der Waals surface area contributed by atoms with Crippen LogP contribution in [0.2, 0.25) is 0 Å². The minimum atomic E-state index is -2.10. The van der Waals surface area contributed by atoms with Gasteiger partial charge in [-0.1, -0.05) is 77.6 Å². The molecule has 0 saturated carbocycles. The monoisotopic (exact) mass is 286 g/mol. The first-order chi connectivity index (χ1) is 9.50. The van der Waals surface area contributed by atoms with Gasteiger partial charge in [-0.05, 0) is 6.42 Å². The van der Waals surface area contributed by atoms with Crippen molar-refractivity contribution in [1.29, 1.82) is 0 Å². The van der Waals surface area contributed by atoms with E-state index >= 15 is 0 Å². The fourth-order valence-corrected chi connectivity index (χ4v) is 2.39. The van der Waals surface area contributed by atoms with E-state index < -0.39 is 11.6 Å².